The van der Waals surface area contributed by atoms with Crippen molar-refractivity contribution in [2.75, 3.05) is 0 Å². The van der Waals surface area contributed by atoms with Gasteiger partial charge in [0.25, 0.3) is 0 Å². The molecule has 0 saturated heterocycles. The highest BCUT2D eigenvalue weighted by molar-refractivity contribution is 5.26. The maximum absolute atomic E-state index is 11.6. The topological polar surface area (TPSA) is 38.0 Å². The molecule has 3 atom stereocenters. The highest BCUT2D eigenvalue weighted by Crippen LogP contribution is 2.45. The quantitative estimate of drug-likeness (QED) is 0.648. The predicted octanol–water partition coefficient (Wildman–Crippen LogP) is 5.05. The number of hydrogen-bond donors (Lipinski definition) is 1. The Labute approximate surface area is 156 Å². The standard InChI is InChI=1S/C23H28N2O/c1-4-20(18-11-7-5-8-12-18)23(2,3)22(26)21(25-16-15-24-17-25)19-13-9-6-10-14-19/h5-17,20-22,26H,4H2,1-3H3. The molecule has 3 unspecified atom stereocenters. The van der Waals surface area contributed by atoms with Gasteiger partial charge in [-0.1, -0.05) is 81.4 Å². The molecule has 0 aliphatic carbocycles. The fourth-order valence-corrected chi connectivity index (χ4v) is 4.09. The molecule has 3 heteroatoms. The number of imidazole rings is 1. The average molecular weight is 348 g/mol. The van der Waals surface area contributed by atoms with Crippen molar-refractivity contribution in [1.82, 2.24) is 9.55 Å². The van der Waals surface area contributed by atoms with Gasteiger partial charge in [-0.3, -0.25) is 0 Å². The minimum Gasteiger partial charge on any atom is -0.390 e. The van der Waals surface area contributed by atoms with Crippen LogP contribution in [0.1, 0.15) is 50.3 Å². The summed E-state index contributed by atoms with van der Waals surface area (Å²) in [4.78, 5) is 4.21. The molecule has 0 amide bonds. The normalized spacial score (nSPS) is 15.4. The summed E-state index contributed by atoms with van der Waals surface area (Å²) >= 11 is 0. The van der Waals surface area contributed by atoms with Gasteiger partial charge in [0.05, 0.1) is 18.5 Å². The Bertz CT molecular complexity index is 782. The van der Waals surface area contributed by atoms with Crippen molar-refractivity contribution in [2.24, 2.45) is 5.41 Å². The number of hydrogen-bond acceptors (Lipinski definition) is 2. The maximum atomic E-state index is 11.6. The molecule has 0 aliphatic heterocycles. The summed E-state index contributed by atoms with van der Waals surface area (Å²) in [6.45, 7) is 6.54. The van der Waals surface area contributed by atoms with E-state index in [2.05, 4.69) is 62.2 Å². The van der Waals surface area contributed by atoms with Gasteiger partial charge in [-0.25, -0.2) is 4.98 Å². The zero-order chi connectivity index (χ0) is 18.6. The lowest BCUT2D eigenvalue weighted by Gasteiger charge is -2.42. The Balaban J connectivity index is 2.01. The van der Waals surface area contributed by atoms with E-state index in [1.54, 1.807) is 12.5 Å². The van der Waals surface area contributed by atoms with Crippen LogP contribution in [0.4, 0.5) is 0 Å². The first kappa shape index (κ1) is 18.4. The van der Waals surface area contributed by atoms with Crippen LogP contribution in [0, 0.1) is 5.41 Å². The lowest BCUT2D eigenvalue weighted by molar-refractivity contribution is -0.000000555. The smallest absolute Gasteiger partial charge is 0.0952 e. The van der Waals surface area contributed by atoms with Gasteiger partial charge in [-0.2, -0.15) is 0 Å². The Morgan fingerprint density at radius 1 is 0.962 bits per heavy atom. The van der Waals surface area contributed by atoms with Gasteiger partial charge in [-0.05, 0) is 28.9 Å². The molecular weight excluding hydrogens is 320 g/mol. The zero-order valence-electron chi connectivity index (χ0n) is 15.8. The maximum Gasteiger partial charge on any atom is 0.0952 e. The molecule has 3 rings (SSSR count). The number of benzene rings is 2. The summed E-state index contributed by atoms with van der Waals surface area (Å²) in [5, 5.41) is 11.6. The van der Waals surface area contributed by atoms with Crippen LogP contribution < -0.4 is 0 Å². The van der Waals surface area contributed by atoms with E-state index < -0.39 is 6.10 Å². The van der Waals surface area contributed by atoms with Crippen molar-refractivity contribution in [3.63, 3.8) is 0 Å². The number of aliphatic hydroxyl groups excluding tert-OH is 1. The first-order chi connectivity index (χ1) is 12.6. The summed E-state index contributed by atoms with van der Waals surface area (Å²) in [6.07, 6.45) is 5.90. The molecule has 3 nitrogen and oxygen atoms in total. The fraction of sp³-hybridized carbons (Fsp3) is 0.348. The van der Waals surface area contributed by atoms with Crippen LogP contribution in [0.15, 0.2) is 79.4 Å². The molecule has 0 bridgehead atoms. The van der Waals surface area contributed by atoms with Crippen LogP contribution in [0.25, 0.3) is 0 Å². The van der Waals surface area contributed by atoms with E-state index >= 15 is 0 Å². The summed E-state index contributed by atoms with van der Waals surface area (Å²) in [6, 6.07) is 20.5. The van der Waals surface area contributed by atoms with Crippen LogP contribution in [0.3, 0.4) is 0 Å². The van der Waals surface area contributed by atoms with Crippen LogP contribution in [-0.2, 0) is 0 Å². The SMILES string of the molecule is CCC(c1ccccc1)C(C)(C)C(O)C(c1ccccc1)n1ccnc1. The Morgan fingerprint density at radius 2 is 1.54 bits per heavy atom. The molecule has 2 aromatic carbocycles. The van der Waals surface area contributed by atoms with Crippen LogP contribution >= 0.6 is 0 Å². The molecule has 0 aliphatic rings. The highest BCUT2D eigenvalue weighted by atomic mass is 16.3. The molecule has 0 fully saturated rings. The summed E-state index contributed by atoms with van der Waals surface area (Å²) in [5.74, 6) is 0.258. The Morgan fingerprint density at radius 3 is 2.04 bits per heavy atom. The number of aromatic nitrogens is 2. The lowest BCUT2D eigenvalue weighted by atomic mass is 9.67. The number of aliphatic hydroxyl groups is 1. The third-order valence-electron chi connectivity index (χ3n) is 5.56. The fourth-order valence-electron chi connectivity index (χ4n) is 4.09. The molecule has 26 heavy (non-hydrogen) atoms. The van der Waals surface area contributed by atoms with Crippen LogP contribution in [0.5, 0.6) is 0 Å². The highest BCUT2D eigenvalue weighted by Gasteiger charge is 2.41. The molecule has 1 N–H and O–H groups in total. The second-order valence-electron chi connectivity index (χ2n) is 7.50. The lowest BCUT2D eigenvalue weighted by Crippen LogP contribution is -2.41. The van der Waals surface area contributed by atoms with Crippen LogP contribution in [-0.4, -0.2) is 20.8 Å². The molecule has 1 aromatic heterocycles. The monoisotopic (exact) mass is 348 g/mol. The van der Waals surface area contributed by atoms with E-state index in [1.165, 1.54) is 5.56 Å². The number of rotatable bonds is 7. The average Bonchev–Trinajstić information content (AvgIpc) is 3.18. The number of nitrogens with zero attached hydrogens (tertiary/aromatic N) is 2. The second-order valence-corrected chi connectivity index (χ2v) is 7.50. The van der Waals surface area contributed by atoms with E-state index in [4.69, 9.17) is 0 Å². The van der Waals surface area contributed by atoms with E-state index in [0.717, 1.165) is 12.0 Å². The third kappa shape index (κ3) is 3.58. The van der Waals surface area contributed by atoms with Crippen LogP contribution in [0.2, 0.25) is 0 Å². The minimum atomic E-state index is -0.566. The van der Waals surface area contributed by atoms with Crippen molar-refractivity contribution in [3.05, 3.63) is 90.5 Å². The minimum absolute atomic E-state index is 0.175. The van der Waals surface area contributed by atoms with Crippen molar-refractivity contribution in [1.29, 1.82) is 0 Å². The van der Waals surface area contributed by atoms with Crippen molar-refractivity contribution in [3.8, 4) is 0 Å². The van der Waals surface area contributed by atoms with E-state index in [-0.39, 0.29) is 17.4 Å². The molecular formula is C23H28N2O. The molecule has 0 saturated carbocycles. The van der Waals surface area contributed by atoms with Crippen molar-refractivity contribution < 1.29 is 5.11 Å². The van der Waals surface area contributed by atoms with E-state index in [0.29, 0.717) is 0 Å². The van der Waals surface area contributed by atoms with E-state index in [1.807, 2.05) is 35.0 Å². The van der Waals surface area contributed by atoms with Gasteiger partial charge in [0, 0.05) is 12.4 Å². The largest absolute Gasteiger partial charge is 0.390 e. The summed E-state index contributed by atoms with van der Waals surface area (Å²) in [5.41, 5.74) is 2.05. The van der Waals surface area contributed by atoms with Crippen molar-refractivity contribution in [2.45, 2.75) is 45.3 Å². The Hall–Kier alpha value is -2.39. The molecule has 0 radical (unpaired) electrons. The van der Waals surface area contributed by atoms with Gasteiger partial charge in [-0.15, -0.1) is 0 Å². The molecule has 3 aromatic rings. The van der Waals surface area contributed by atoms with Crippen molar-refractivity contribution >= 4 is 0 Å². The Kier molecular flexibility index (Phi) is 5.58. The first-order valence-electron chi connectivity index (χ1n) is 9.31. The van der Waals surface area contributed by atoms with Gasteiger partial charge < -0.3 is 9.67 Å². The molecule has 0 spiro atoms. The second kappa shape index (κ2) is 7.88. The molecule has 136 valence electrons. The van der Waals surface area contributed by atoms with Gasteiger partial charge in [0.15, 0.2) is 0 Å². The zero-order valence-corrected chi connectivity index (χ0v) is 15.8. The van der Waals surface area contributed by atoms with E-state index in [9.17, 15) is 5.11 Å². The first-order valence-corrected chi connectivity index (χ1v) is 9.31. The predicted molar refractivity (Wildman–Crippen MR) is 106 cm³/mol. The summed E-state index contributed by atoms with van der Waals surface area (Å²) in [7, 11) is 0. The van der Waals surface area contributed by atoms with Gasteiger partial charge in [0.1, 0.15) is 0 Å². The molecule has 1 heterocycles. The van der Waals surface area contributed by atoms with Gasteiger partial charge >= 0.3 is 0 Å². The third-order valence-corrected chi connectivity index (χ3v) is 5.56. The van der Waals surface area contributed by atoms with Gasteiger partial charge in [0.2, 0.25) is 0 Å². The summed E-state index contributed by atoms with van der Waals surface area (Å²) < 4.78 is 2.01.